The van der Waals surface area contributed by atoms with Crippen LogP contribution in [0, 0.1) is 5.41 Å². The summed E-state index contributed by atoms with van der Waals surface area (Å²) in [5.74, 6) is 0.626. The van der Waals surface area contributed by atoms with E-state index in [4.69, 9.17) is 21.4 Å². The number of hydrazone groups is 1. The standard InChI is InChI=1S/C19H15ClN4O2S/c1-2-4-16-23-24-17(21)14(18(25)22-19(24)27-16)10-13-7-8-15(26-13)11-5-3-6-12(20)9-11/h3,5-10,21H,2,4H2,1H3. The lowest BCUT2D eigenvalue weighted by molar-refractivity contribution is -0.114. The minimum atomic E-state index is -0.465. The number of furan rings is 1. The predicted molar refractivity (Wildman–Crippen MR) is 109 cm³/mol. The number of rotatable bonds is 4. The molecule has 2 aliphatic rings. The molecule has 27 heavy (non-hydrogen) atoms. The molecule has 0 radical (unpaired) electrons. The van der Waals surface area contributed by atoms with Crippen molar-refractivity contribution in [1.82, 2.24) is 5.01 Å². The number of aliphatic imine (C=N–C) groups is 1. The van der Waals surface area contributed by atoms with E-state index in [-0.39, 0.29) is 11.4 Å². The number of hydrogen-bond acceptors (Lipinski definition) is 5. The number of fused-ring (bicyclic) bond motifs is 1. The highest BCUT2D eigenvalue weighted by atomic mass is 35.5. The molecule has 2 aromatic rings. The van der Waals surface area contributed by atoms with Gasteiger partial charge in [0.2, 0.25) is 5.17 Å². The third kappa shape index (κ3) is 3.48. The monoisotopic (exact) mass is 398 g/mol. The van der Waals surface area contributed by atoms with Crippen LogP contribution in [0.3, 0.4) is 0 Å². The Balaban J connectivity index is 1.63. The van der Waals surface area contributed by atoms with Gasteiger partial charge >= 0.3 is 0 Å². The van der Waals surface area contributed by atoms with Gasteiger partial charge in [0.1, 0.15) is 16.6 Å². The summed E-state index contributed by atoms with van der Waals surface area (Å²) in [4.78, 5) is 16.5. The van der Waals surface area contributed by atoms with Crippen LogP contribution >= 0.6 is 23.4 Å². The first kappa shape index (κ1) is 17.8. The molecule has 1 aromatic heterocycles. The van der Waals surface area contributed by atoms with E-state index in [1.54, 1.807) is 24.3 Å². The molecule has 0 atom stereocenters. The predicted octanol–water partition coefficient (Wildman–Crippen LogP) is 5.02. The van der Waals surface area contributed by atoms with Gasteiger partial charge in [-0.1, -0.05) is 30.7 Å². The molecule has 1 amide bonds. The van der Waals surface area contributed by atoms with Gasteiger partial charge in [0.25, 0.3) is 5.91 Å². The van der Waals surface area contributed by atoms with E-state index in [2.05, 4.69) is 17.0 Å². The van der Waals surface area contributed by atoms with E-state index in [0.717, 1.165) is 23.4 Å². The zero-order chi connectivity index (χ0) is 19.0. The van der Waals surface area contributed by atoms with Crippen LogP contribution in [-0.2, 0) is 4.79 Å². The van der Waals surface area contributed by atoms with Crippen molar-refractivity contribution in [2.45, 2.75) is 19.8 Å². The minimum Gasteiger partial charge on any atom is -0.457 e. The van der Waals surface area contributed by atoms with E-state index < -0.39 is 5.91 Å². The smallest absolute Gasteiger partial charge is 0.283 e. The molecule has 8 heteroatoms. The van der Waals surface area contributed by atoms with Gasteiger partial charge in [0.15, 0.2) is 5.84 Å². The van der Waals surface area contributed by atoms with Crippen molar-refractivity contribution in [1.29, 1.82) is 5.41 Å². The number of carbonyl (C=O) groups excluding carboxylic acids is 1. The molecule has 0 saturated carbocycles. The van der Waals surface area contributed by atoms with Gasteiger partial charge in [0, 0.05) is 10.6 Å². The van der Waals surface area contributed by atoms with Crippen molar-refractivity contribution in [3.05, 3.63) is 52.8 Å². The summed E-state index contributed by atoms with van der Waals surface area (Å²) < 4.78 is 5.80. The first-order chi connectivity index (χ1) is 13.0. The number of thioether (sulfide) groups is 1. The maximum absolute atomic E-state index is 12.4. The third-order valence-corrected chi connectivity index (χ3v) is 5.19. The maximum Gasteiger partial charge on any atom is 0.283 e. The molecule has 1 aromatic carbocycles. The van der Waals surface area contributed by atoms with E-state index in [1.807, 2.05) is 12.1 Å². The Morgan fingerprint density at radius 2 is 2.19 bits per heavy atom. The summed E-state index contributed by atoms with van der Waals surface area (Å²) in [6.07, 6.45) is 3.26. The summed E-state index contributed by atoms with van der Waals surface area (Å²) in [6.45, 7) is 2.05. The summed E-state index contributed by atoms with van der Waals surface area (Å²) in [5.41, 5.74) is 0.982. The Morgan fingerprint density at radius 1 is 1.33 bits per heavy atom. The molecular weight excluding hydrogens is 384 g/mol. The number of benzene rings is 1. The first-order valence-corrected chi connectivity index (χ1v) is 9.59. The second-order valence-electron chi connectivity index (χ2n) is 5.98. The Hall–Kier alpha value is -2.64. The molecule has 0 unspecified atom stereocenters. The zero-order valence-corrected chi connectivity index (χ0v) is 16.0. The van der Waals surface area contributed by atoms with Crippen molar-refractivity contribution < 1.29 is 9.21 Å². The lowest BCUT2D eigenvalue weighted by Gasteiger charge is -2.19. The zero-order valence-electron chi connectivity index (χ0n) is 14.4. The fraction of sp³-hybridized carbons (Fsp3) is 0.158. The van der Waals surface area contributed by atoms with Gasteiger partial charge in [-0.15, -0.1) is 0 Å². The number of halogens is 1. The van der Waals surface area contributed by atoms with Crippen LogP contribution in [0.25, 0.3) is 17.4 Å². The van der Waals surface area contributed by atoms with Crippen LogP contribution < -0.4 is 0 Å². The topological polar surface area (TPSA) is 82.0 Å². The number of amidine groups is 2. The molecule has 3 heterocycles. The maximum atomic E-state index is 12.4. The highest BCUT2D eigenvalue weighted by Crippen LogP contribution is 2.31. The van der Waals surface area contributed by atoms with Crippen molar-refractivity contribution >= 4 is 51.4 Å². The molecule has 4 rings (SSSR count). The molecule has 0 bridgehead atoms. The number of hydrogen-bond donors (Lipinski definition) is 1. The second-order valence-corrected chi connectivity index (χ2v) is 7.45. The minimum absolute atomic E-state index is 0.00399. The molecule has 0 fully saturated rings. The summed E-state index contributed by atoms with van der Waals surface area (Å²) >= 11 is 7.36. The van der Waals surface area contributed by atoms with E-state index in [9.17, 15) is 4.79 Å². The van der Waals surface area contributed by atoms with Crippen molar-refractivity contribution in [3.8, 4) is 11.3 Å². The average Bonchev–Trinajstić information content (AvgIpc) is 3.26. The number of amides is 1. The van der Waals surface area contributed by atoms with Gasteiger partial charge in [-0.3, -0.25) is 10.2 Å². The van der Waals surface area contributed by atoms with Crippen LogP contribution in [0.1, 0.15) is 25.5 Å². The molecule has 1 N–H and O–H groups in total. The molecule has 0 saturated heterocycles. The van der Waals surface area contributed by atoms with E-state index in [1.165, 1.54) is 22.8 Å². The Morgan fingerprint density at radius 3 is 2.96 bits per heavy atom. The van der Waals surface area contributed by atoms with Crippen molar-refractivity contribution in [2.24, 2.45) is 10.1 Å². The summed E-state index contributed by atoms with van der Waals surface area (Å²) in [6, 6.07) is 10.9. The largest absolute Gasteiger partial charge is 0.457 e. The molecule has 0 spiro atoms. The molecule has 2 aliphatic heterocycles. The first-order valence-electron chi connectivity index (χ1n) is 8.40. The fourth-order valence-corrected chi connectivity index (χ4v) is 3.89. The van der Waals surface area contributed by atoms with Crippen LogP contribution in [0.4, 0.5) is 0 Å². The van der Waals surface area contributed by atoms with Gasteiger partial charge in [-0.2, -0.15) is 15.1 Å². The van der Waals surface area contributed by atoms with Crippen LogP contribution in [-0.4, -0.2) is 27.0 Å². The Kier molecular flexibility index (Phi) is 4.72. The summed E-state index contributed by atoms with van der Waals surface area (Å²) in [5, 5.41) is 16.1. The lowest BCUT2D eigenvalue weighted by atomic mass is 10.1. The van der Waals surface area contributed by atoms with Crippen molar-refractivity contribution in [2.75, 3.05) is 0 Å². The van der Waals surface area contributed by atoms with Crippen LogP contribution in [0.15, 0.2) is 56.5 Å². The average molecular weight is 399 g/mol. The van der Waals surface area contributed by atoms with Gasteiger partial charge < -0.3 is 4.42 Å². The van der Waals surface area contributed by atoms with Gasteiger partial charge in [-0.25, -0.2) is 0 Å². The Labute approximate surface area is 165 Å². The number of nitrogens with one attached hydrogen (secondary N) is 1. The third-order valence-electron chi connectivity index (χ3n) is 3.98. The highest BCUT2D eigenvalue weighted by molar-refractivity contribution is 8.26. The number of carbonyl (C=O) groups is 1. The SMILES string of the molecule is CCCC1=NN2C(=N)C(=Cc3ccc(-c4cccc(Cl)c4)o3)C(=O)N=C2S1. The Bertz CT molecular complexity index is 1040. The molecular formula is C19H15ClN4O2S. The van der Waals surface area contributed by atoms with Crippen molar-refractivity contribution in [3.63, 3.8) is 0 Å². The van der Waals surface area contributed by atoms with Crippen LogP contribution in [0.5, 0.6) is 0 Å². The second kappa shape index (κ2) is 7.17. The highest BCUT2D eigenvalue weighted by Gasteiger charge is 2.35. The molecule has 136 valence electrons. The van der Waals surface area contributed by atoms with Gasteiger partial charge in [-0.05, 0) is 54.9 Å². The normalized spacial score (nSPS) is 18.0. The quantitative estimate of drug-likeness (QED) is 0.733. The van der Waals surface area contributed by atoms with Crippen LogP contribution in [0.2, 0.25) is 5.02 Å². The molecule has 6 nitrogen and oxygen atoms in total. The molecule has 0 aliphatic carbocycles. The van der Waals surface area contributed by atoms with Gasteiger partial charge in [0.05, 0.1) is 5.57 Å². The van der Waals surface area contributed by atoms with E-state index in [0.29, 0.717) is 21.7 Å². The lowest BCUT2D eigenvalue weighted by Crippen LogP contribution is -2.35. The van der Waals surface area contributed by atoms with E-state index >= 15 is 0 Å². The number of nitrogens with zero attached hydrogens (tertiary/aromatic N) is 3. The summed E-state index contributed by atoms with van der Waals surface area (Å²) in [7, 11) is 0. The fourth-order valence-electron chi connectivity index (χ4n) is 2.72.